The van der Waals surface area contributed by atoms with Crippen LogP contribution in [0.25, 0.3) is 0 Å². The van der Waals surface area contributed by atoms with Crippen molar-refractivity contribution in [3.05, 3.63) is 0 Å². The van der Waals surface area contributed by atoms with E-state index in [-0.39, 0.29) is 422 Å². The molecule has 0 amide bonds. The fourth-order valence-corrected chi connectivity index (χ4v) is 6.93. The minimum atomic E-state index is -6.50. The Kier molecular flexibility index (Phi) is 69.1. The quantitative estimate of drug-likeness (QED) is 0.0397. The molecule has 0 saturated carbocycles. The second kappa shape index (κ2) is 44.1. The summed E-state index contributed by atoms with van der Waals surface area (Å²) in [6.45, 7) is -5.69. The van der Waals surface area contributed by atoms with E-state index in [2.05, 4.69) is 33.5 Å². The van der Waals surface area contributed by atoms with E-state index in [4.69, 9.17) is 9.47 Å². The summed E-state index contributed by atoms with van der Waals surface area (Å²) in [6, 6.07) is 0. The van der Waals surface area contributed by atoms with Gasteiger partial charge in [0, 0.05) is 0 Å². The van der Waals surface area contributed by atoms with Crippen LogP contribution in [0, 0.1) is 0 Å². The summed E-state index contributed by atoms with van der Waals surface area (Å²) in [5.41, 5.74) is 0. The van der Waals surface area contributed by atoms with E-state index < -0.39 is 154 Å². The molecule has 0 radical (unpaired) electrons. The standard InChI is InChI=1S/C11H22O32S8.8K.2H2O/c12-44(13)37-4(1-34-11-10(43-51(31,32)33)8(41-49(25,26)27)5(2-35-11)38-45(14)15)7(40-48(22,23)24)9(42-50(28,29)30)6(39-47(19,20)21)3-36-46(16,17)18;;;;;;;;;;/h4-11H,1-3H2,(H,12,13)(H,14,15)(H,16,17,18)(H,19,20,21)(H,22,23,24)(H,25,26,27)(H,28,29,30)(H,31,32,33);;;;;;;;;2*1H2/q;8*+1;;/p-10/t4-,5-,6-,7-,8-,9-,10+,11+;;;;;;;;;;/m1........../s1. The molecule has 1 aliphatic heterocycles. The molecule has 50 heteroatoms. The zero-order chi connectivity index (χ0) is 40.0. The van der Waals surface area contributed by atoms with Crippen molar-refractivity contribution in [1.29, 1.82) is 0 Å². The van der Waals surface area contributed by atoms with Crippen LogP contribution in [0.3, 0.4) is 0 Å². The fourth-order valence-electron chi connectivity index (χ4n) is 3.44. The molecular weight excluding hydrogens is 1250 g/mol. The van der Waals surface area contributed by atoms with Gasteiger partial charge in [0.05, 0.1) is 42.5 Å². The van der Waals surface area contributed by atoms with Gasteiger partial charge >= 0.3 is 411 Å². The average molecular weight is 1260 g/mol. The summed E-state index contributed by atoms with van der Waals surface area (Å²) in [4.78, 5) is 0. The molecule has 1 saturated heterocycles. The topological polar surface area (TPSA) is 576 Å². The molecule has 61 heavy (non-hydrogen) atoms. The molecule has 1 fully saturated rings. The van der Waals surface area contributed by atoms with Crippen LogP contribution in [0.5, 0.6) is 0 Å². The van der Waals surface area contributed by atoms with Gasteiger partial charge in [0.15, 0.2) is 12.4 Å². The largest absolute Gasteiger partial charge is 1.00 e. The Balaban J connectivity index is -0.000000325. The first-order chi connectivity index (χ1) is 22.6. The minimum absolute atomic E-state index is 0. The van der Waals surface area contributed by atoms with Crippen LogP contribution in [-0.4, -0.2) is 175 Å². The van der Waals surface area contributed by atoms with E-state index >= 15 is 0 Å². The molecule has 0 aliphatic carbocycles. The molecule has 1 aliphatic rings. The Hall–Kier alpha value is 12.3. The second-order valence-corrected chi connectivity index (χ2v) is 15.6. The van der Waals surface area contributed by atoms with Gasteiger partial charge in [0.1, 0.15) is 36.6 Å². The third-order valence-electron chi connectivity index (χ3n) is 4.80. The molecule has 2 N–H and O–H groups in total. The minimum Gasteiger partial charge on any atom is -0.870 e. The van der Waals surface area contributed by atoms with Gasteiger partial charge in [0.25, 0.3) is 0 Å². The summed E-state index contributed by atoms with van der Waals surface area (Å²) in [7, 11) is -37.6. The SMILES string of the molecule is O=S([O-])O[C@@H]1CO[C@H](OC[C@@H](OS(=O)[O-])[C@@H](OS(=O)(=O)[O-])[C@H](OS(=O)(=O)[O-])[C@@H](COS(=O)(=O)[O-])OS(=O)(=O)[O-])[C@@H](OS(=O)(=O)[O-])[C@@H]1OS(=O)(=O)[O-].[K+].[K+].[K+].[K+].[K+].[K+].[K+].[K+].[OH-].[OH-]. The van der Waals surface area contributed by atoms with E-state index in [1.54, 1.807) is 0 Å². The third-order valence-corrected chi connectivity index (χ3v) is 8.35. The molecule has 0 spiro atoms. The van der Waals surface area contributed by atoms with Gasteiger partial charge in [-0.3, -0.25) is 33.5 Å². The van der Waals surface area contributed by atoms with Crippen LogP contribution in [0.1, 0.15) is 0 Å². The summed E-state index contributed by atoms with van der Waals surface area (Å²) in [5.74, 6) is 0. The number of hydrogen-bond acceptors (Lipinski definition) is 34. The van der Waals surface area contributed by atoms with E-state index in [0.717, 1.165) is 0 Å². The van der Waals surface area contributed by atoms with Crippen LogP contribution in [0.4, 0.5) is 0 Å². The maximum atomic E-state index is 11.5. The van der Waals surface area contributed by atoms with Gasteiger partial charge in [-0.25, -0.2) is 58.9 Å². The maximum absolute atomic E-state index is 11.5. The molecule has 0 aromatic rings. The number of rotatable bonds is 23. The number of ether oxygens (including phenoxy) is 2. The van der Waals surface area contributed by atoms with Crippen molar-refractivity contribution in [3.63, 3.8) is 0 Å². The average Bonchev–Trinajstić information content (AvgIpc) is 2.85. The van der Waals surface area contributed by atoms with Crippen molar-refractivity contribution in [3.8, 4) is 0 Å². The first kappa shape index (κ1) is 95.6. The van der Waals surface area contributed by atoms with E-state index in [1.165, 1.54) is 0 Å². The number of hydrogen-bond donors (Lipinski definition) is 0. The van der Waals surface area contributed by atoms with Crippen molar-refractivity contribution in [2.24, 2.45) is 0 Å². The fraction of sp³-hybridized carbons (Fsp3) is 1.00. The Labute approximate surface area is 693 Å². The summed E-state index contributed by atoms with van der Waals surface area (Å²) >= 11 is -7.82. The van der Waals surface area contributed by atoms with Crippen molar-refractivity contribution < 1.29 is 560 Å². The molecule has 34 nitrogen and oxygen atoms in total. The zero-order valence-electron chi connectivity index (χ0n) is 32.0. The molecule has 0 aromatic heterocycles. The normalized spacial score (nSPS) is 20.9. The molecule has 10 atom stereocenters. The molecule has 2 unspecified atom stereocenters. The maximum Gasteiger partial charge on any atom is 1.00 e. The van der Waals surface area contributed by atoms with Crippen molar-refractivity contribution >= 4 is 85.1 Å². The van der Waals surface area contributed by atoms with Crippen molar-refractivity contribution in [2.75, 3.05) is 19.8 Å². The Morgan fingerprint density at radius 3 is 1.23 bits per heavy atom. The Morgan fingerprint density at radius 2 is 0.902 bits per heavy atom. The first-order valence-electron chi connectivity index (χ1n) is 11.2. The van der Waals surface area contributed by atoms with Gasteiger partial charge in [-0.1, -0.05) is 0 Å². The van der Waals surface area contributed by atoms with Gasteiger partial charge in [0.2, 0.25) is 62.4 Å². The molecule has 0 aromatic carbocycles. The van der Waals surface area contributed by atoms with Gasteiger partial charge in [-0.15, -0.1) is 0 Å². The Morgan fingerprint density at radius 1 is 0.525 bits per heavy atom. The summed E-state index contributed by atoms with van der Waals surface area (Å²) < 4.78 is 288. The van der Waals surface area contributed by atoms with E-state index in [1.807, 2.05) is 0 Å². The van der Waals surface area contributed by atoms with Crippen LogP contribution < -0.4 is 411 Å². The van der Waals surface area contributed by atoms with Crippen molar-refractivity contribution in [2.45, 2.75) is 49.0 Å². The third kappa shape index (κ3) is 49.1. The molecule has 1 rings (SSSR count). The predicted molar refractivity (Wildman–Crippen MR) is 136 cm³/mol. The van der Waals surface area contributed by atoms with Crippen LogP contribution in [0.2, 0.25) is 0 Å². The predicted octanol–water partition coefficient (Wildman–Crippen LogP) is -32.9. The van der Waals surface area contributed by atoms with Crippen molar-refractivity contribution in [1.82, 2.24) is 0 Å². The molecule has 0 bridgehead atoms. The van der Waals surface area contributed by atoms with Crippen LogP contribution in [-0.2, 0) is 128 Å². The molecule has 322 valence electrons. The Bertz CT molecular complexity index is 1920. The summed E-state index contributed by atoms with van der Waals surface area (Å²) in [6.07, 6.45) is -25.2. The smallest absolute Gasteiger partial charge is 0.870 e. The van der Waals surface area contributed by atoms with E-state index in [9.17, 15) is 95.3 Å². The van der Waals surface area contributed by atoms with Gasteiger partial charge in [-0.2, -0.15) is 0 Å². The zero-order valence-corrected chi connectivity index (χ0v) is 63.5. The monoisotopic (exact) mass is 1260 g/mol. The molecular formula is C11H16K8O34S8-2. The molecule has 1 heterocycles. The van der Waals surface area contributed by atoms with Gasteiger partial charge < -0.3 is 56.8 Å². The van der Waals surface area contributed by atoms with Gasteiger partial charge in [-0.05, 0) is 0 Å². The summed E-state index contributed by atoms with van der Waals surface area (Å²) in [5, 5.41) is 0. The van der Waals surface area contributed by atoms with Crippen LogP contribution in [0.15, 0.2) is 0 Å². The van der Waals surface area contributed by atoms with E-state index in [0.29, 0.717) is 0 Å². The first-order valence-corrected chi connectivity index (χ1v) is 21.2. The second-order valence-electron chi connectivity index (χ2n) is 8.32. The van der Waals surface area contributed by atoms with Crippen LogP contribution >= 0.6 is 0 Å².